The molecule has 0 bridgehead atoms. The van der Waals surface area contributed by atoms with Gasteiger partial charge >= 0.3 is 0 Å². The lowest BCUT2D eigenvalue weighted by Gasteiger charge is -2.23. The Morgan fingerprint density at radius 3 is 2.91 bits per heavy atom. The lowest BCUT2D eigenvalue weighted by Crippen LogP contribution is -2.33. The molecule has 2 heterocycles. The van der Waals surface area contributed by atoms with Crippen LogP contribution in [-0.2, 0) is 0 Å². The topological polar surface area (TPSA) is 43.4 Å². The first-order valence-electron chi connectivity index (χ1n) is 7.64. The molecule has 1 aromatic heterocycles. The van der Waals surface area contributed by atoms with Crippen LogP contribution in [0.3, 0.4) is 0 Å². The third-order valence-corrected chi connectivity index (χ3v) is 4.45. The van der Waals surface area contributed by atoms with E-state index in [1.54, 1.807) is 24.4 Å². The van der Waals surface area contributed by atoms with E-state index >= 15 is 0 Å². The van der Waals surface area contributed by atoms with Gasteiger partial charge in [-0.25, -0.2) is 4.98 Å². The molecule has 1 aliphatic heterocycles. The summed E-state index contributed by atoms with van der Waals surface area (Å²) in [5.74, 6) is 2.14. The molecule has 1 atom stereocenters. The molecule has 0 saturated carbocycles. The Labute approximate surface area is 145 Å². The van der Waals surface area contributed by atoms with E-state index in [4.69, 9.17) is 32.7 Å². The molecule has 2 aromatic rings. The first kappa shape index (κ1) is 16.4. The van der Waals surface area contributed by atoms with Gasteiger partial charge in [0.25, 0.3) is 5.88 Å². The lowest BCUT2D eigenvalue weighted by molar-refractivity contribution is 0.212. The fourth-order valence-corrected chi connectivity index (χ4v) is 2.78. The molecule has 4 nitrogen and oxygen atoms in total. The van der Waals surface area contributed by atoms with E-state index in [2.05, 4.69) is 10.3 Å². The number of nitrogens with one attached hydrogen (secondary N) is 1. The summed E-state index contributed by atoms with van der Waals surface area (Å²) in [5, 5.41) is 4.31. The van der Waals surface area contributed by atoms with Gasteiger partial charge in [0.2, 0.25) is 0 Å². The van der Waals surface area contributed by atoms with Crippen molar-refractivity contribution in [1.82, 2.24) is 10.3 Å². The van der Waals surface area contributed by atoms with Crippen LogP contribution in [0, 0.1) is 5.92 Å². The summed E-state index contributed by atoms with van der Waals surface area (Å²) >= 11 is 11.9. The molecule has 3 rings (SSSR count). The average Bonchev–Trinajstić information content (AvgIpc) is 2.58. The zero-order chi connectivity index (χ0) is 16.1. The molecule has 0 aliphatic carbocycles. The van der Waals surface area contributed by atoms with Crippen LogP contribution in [0.2, 0.25) is 10.0 Å². The van der Waals surface area contributed by atoms with Gasteiger partial charge in [0.15, 0.2) is 5.75 Å². The van der Waals surface area contributed by atoms with Crippen LogP contribution in [-0.4, -0.2) is 24.7 Å². The van der Waals surface area contributed by atoms with Gasteiger partial charge in [-0.3, -0.25) is 0 Å². The third-order valence-electron chi connectivity index (χ3n) is 3.72. The molecular weight excluding hydrogens is 335 g/mol. The number of rotatable bonds is 5. The molecule has 6 heteroatoms. The van der Waals surface area contributed by atoms with Crippen molar-refractivity contribution in [3.05, 3.63) is 46.6 Å². The standard InChI is InChI=1S/C17H18Cl2N2O2/c18-14-6-5-13(9-15(14)19)23-17-16(4-2-8-21-17)22-11-12-3-1-7-20-10-12/h2,4-6,8-9,12,20H,1,3,7,10-11H2/t12-/m0/s1. The Kier molecular flexibility index (Phi) is 5.60. The van der Waals surface area contributed by atoms with Crippen molar-refractivity contribution in [3.63, 3.8) is 0 Å². The van der Waals surface area contributed by atoms with Crippen molar-refractivity contribution in [2.75, 3.05) is 19.7 Å². The zero-order valence-corrected chi connectivity index (χ0v) is 14.1. The Bertz CT molecular complexity index is 661. The number of halogens is 2. The number of hydrogen-bond donors (Lipinski definition) is 1. The quantitative estimate of drug-likeness (QED) is 0.856. The molecule has 0 spiro atoms. The molecule has 0 radical (unpaired) electrons. The normalized spacial score (nSPS) is 17.7. The number of nitrogens with zero attached hydrogens (tertiary/aromatic N) is 1. The number of pyridine rings is 1. The van der Waals surface area contributed by atoms with E-state index in [0.29, 0.717) is 39.9 Å². The van der Waals surface area contributed by atoms with Gasteiger partial charge in [-0.1, -0.05) is 23.2 Å². The second-order valence-corrected chi connectivity index (χ2v) is 6.32. The number of aromatic nitrogens is 1. The predicted molar refractivity (Wildman–Crippen MR) is 91.9 cm³/mol. The summed E-state index contributed by atoms with van der Waals surface area (Å²) in [6, 6.07) is 8.79. The van der Waals surface area contributed by atoms with Crippen LogP contribution in [0.4, 0.5) is 0 Å². The monoisotopic (exact) mass is 352 g/mol. The Morgan fingerprint density at radius 2 is 2.13 bits per heavy atom. The summed E-state index contributed by atoms with van der Waals surface area (Å²) in [7, 11) is 0. The number of benzene rings is 1. The highest BCUT2D eigenvalue weighted by Crippen LogP contribution is 2.32. The van der Waals surface area contributed by atoms with Crippen LogP contribution in [0.15, 0.2) is 36.5 Å². The van der Waals surface area contributed by atoms with Crippen molar-refractivity contribution in [3.8, 4) is 17.4 Å². The molecule has 122 valence electrons. The molecule has 1 N–H and O–H groups in total. The van der Waals surface area contributed by atoms with Crippen LogP contribution >= 0.6 is 23.2 Å². The minimum atomic E-state index is 0.426. The van der Waals surface area contributed by atoms with Crippen molar-refractivity contribution < 1.29 is 9.47 Å². The van der Waals surface area contributed by atoms with Crippen LogP contribution in [0.5, 0.6) is 17.4 Å². The molecule has 1 saturated heterocycles. The van der Waals surface area contributed by atoms with Crippen molar-refractivity contribution in [2.45, 2.75) is 12.8 Å². The van der Waals surface area contributed by atoms with Crippen molar-refractivity contribution in [1.29, 1.82) is 0 Å². The van der Waals surface area contributed by atoms with Crippen molar-refractivity contribution in [2.24, 2.45) is 5.92 Å². The maximum absolute atomic E-state index is 6.01. The summed E-state index contributed by atoms with van der Waals surface area (Å²) < 4.78 is 11.7. The van der Waals surface area contributed by atoms with Gasteiger partial charge < -0.3 is 14.8 Å². The second kappa shape index (κ2) is 7.86. The minimum Gasteiger partial charge on any atom is -0.488 e. The summed E-state index contributed by atoms with van der Waals surface area (Å²) in [6.45, 7) is 2.73. The van der Waals surface area contributed by atoms with Crippen molar-refractivity contribution >= 4 is 23.2 Å². The molecule has 0 amide bonds. The van der Waals surface area contributed by atoms with E-state index in [1.165, 1.54) is 12.8 Å². The Morgan fingerprint density at radius 1 is 1.22 bits per heavy atom. The fourth-order valence-electron chi connectivity index (χ4n) is 2.49. The summed E-state index contributed by atoms with van der Waals surface area (Å²) in [5.41, 5.74) is 0. The maximum atomic E-state index is 6.01. The molecular formula is C17H18Cl2N2O2. The maximum Gasteiger partial charge on any atom is 0.262 e. The smallest absolute Gasteiger partial charge is 0.262 e. The Hall–Kier alpha value is -1.49. The number of ether oxygens (including phenoxy) is 2. The number of hydrogen-bond acceptors (Lipinski definition) is 4. The highest BCUT2D eigenvalue weighted by atomic mass is 35.5. The molecule has 0 unspecified atom stereocenters. The highest BCUT2D eigenvalue weighted by molar-refractivity contribution is 6.42. The number of piperidine rings is 1. The van der Waals surface area contributed by atoms with Gasteiger partial charge in [0.1, 0.15) is 5.75 Å². The first-order valence-corrected chi connectivity index (χ1v) is 8.39. The Balaban J connectivity index is 1.68. The van der Waals surface area contributed by atoms with E-state index in [0.717, 1.165) is 13.1 Å². The largest absolute Gasteiger partial charge is 0.488 e. The van der Waals surface area contributed by atoms with Gasteiger partial charge in [-0.05, 0) is 43.7 Å². The predicted octanol–water partition coefficient (Wildman–Crippen LogP) is 4.56. The lowest BCUT2D eigenvalue weighted by atomic mass is 10.0. The van der Waals surface area contributed by atoms with Gasteiger partial charge in [-0.2, -0.15) is 0 Å². The summed E-state index contributed by atoms with van der Waals surface area (Å²) in [6.07, 6.45) is 4.03. The first-order chi connectivity index (χ1) is 11.2. The van der Waals surface area contributed by atoms with Crippen LogP contribution < -0.4 is 14.8 Å². The van der Waals surface area contributed by atoms with E-state index in [1.807, 2.05) is 12.1 Å². The fraction of sp³-hybridized carbons (Fsp3) is 0.353. The zero-order valence-electron chi connectivity index (χ0n) is 12.6. The minimum absolute atomic E-state index is 0.426. The SMILES string of the molecule is Clc1ccc(Oc2ncccc2OC[C@H]2CCCNC2)cc1Cl. The molecule has 1 aromatic carbocycles. The highest BCUT2D eigenvalue weighted by Gasteiger charge is 2.15. The van der Waals surface area contributed by atoms with Crippen LogP contribution in [0.25, 0.3) is 0 Å². The average molecular weight is 353 g/mol. The van der Waals surface area contributed by atoms with E-state index in [9.17, 15) is 0 Å². The molecule has 23 heavy (non-hydrogen) atoms. The molecule has 1 aliphatic rings. The summed E-state index contributed by atoms with van der Waals surface area (Å²) in [4.78, 5) is 4.25. The van der Waals surface area contributed by atoms with Gasteiger partial charge in [-0.15, -0.1) is 0 Å². The van der Waals surface area contributed by atoms with E-state index in [-0.39, 0.29) is 0 Å². The second-order valence-electron chi connectivity index (χ2n) is 5.51. The third kappa shape index (κ3) is 4.50. The van der Waals surface area contributed by atoms with Crippen LogP contribution in [0.1, 0.15) is 12.8 Å². The molecule has 1 fully saturated rings. The van der Waals surface area contributed by atoms with E-state index < -0.39 is 0 Å². The van der Waals surface area contributed by atoms with Gasteiger partial charge in [0.05, 0.1) is 16.7 Å². The van der Waals surface area contributed by atoms with Gasteiger partial charge in [0, 0.05) is 24.7 Å².